The highest BCUT2D eigenvalue weighted by Crippen LogP contribution is 2.31. The van der Waals surface area contributed by atoms with E-state index < -0.39 is 12.0 Å². The first-order valence-corrected chi connectivity index (χ1v) is 7.82. The van der Waals surface area contributed by atoms with Gasteiger partial charge in [0.2, 0.25) is 0 Å². The van der Waals surface area contributed by atoms with Crippen LogP contribution in [-0.2, 0) is 21.3 Å². The number of methoxy groups -OCH3 is 1. The fourth-order valence-corrected chi connectivity index (χ4v) is 2.89. The molecular formula is C16H20N4O3S. The van der Waals surface area contributed by atoms with Crippen molar-refractivity contribution in [3.8, 4) is 6.07 Å². The summed E-state index contributed by atoms with van der Waals surface area (Å²) in [7, 11) is 3.35. The number of allylic oxidation sites excluding steroid dienone is 1. The van der Waals surface area contributed by atoms with Crippen molar-refractivity contribution in [3.63, 3.8) is 0 Å². The standard InChI is InChI=1S/C16H20N4O3S/c1-9-13(15(21)23-6-5-22-4)14(19-16(24)18-9)12-7-11(8-17)20(3)10(12)2/h7,14H,5-6H2,1-4H3,(H2,18,19,24)/t14-/m1/s1. The predicted octanol–water partition coefficient (Wildman–Crippen LogP) is 1.19. The number of nitrogens with one attached hydrogen (secondary N) is 2. The molecule has 0 aliphatic carbocycles. The number of hydrogen-bond donors (Lipinski definition) is 2. The van der Waals surface area contributed by atoms with Crippen LogP contribution in [0.4, 0.5) is 0 Å². The Kier molecular flexibility index (Phi) is 5.59. The van der Waals surface area contributed by atoms with Gasteiger partial charge in [-0.3, -0.25) is 0 Å². The van der Waals surface area contributed by atoms with E-state index in [9.17, 15) is 10.1 Å². The smallest absolute Gasteiger partial charge is 0.338 e. The van der Waals surface area contributed by atoms with Gasteiger partial charge in [-0.1, -0.05) is 0 Å². The van der Waals surface area contributed by atoms with E-state index >= 15 is 0 Å². The molecule has 0 fully saturated rings. The Morgan fingerprint density at radius 1 is 1.46 bits per heavy atom. The van der Waals surface area contributed by atoms with Crippen LogP contribution in [0.5, 0.6) is 0 Å². The van der Waals surface area contributed by atoms with Crippen molar-refractivity contribution in [1.29, 1.82) is 5.26 Å². The maximum Gasteiger partial charge on any atom is 0.338 e. The zero-order valence-corrected chi connectivity index (χ0v) is 14.9. The lowest BCUT2D eigenvalue weighted by molar-refractivity contribution is -0.140. The number of esters is 1. The number of hydrogen-bond acceptors (Lipinski definition) is 5. The second-order valence-corrected chi connectivity index (χ2v) is 5.85. The van der Waals surface area contributed by atoms with Gasteiger partial charge in [0.25, 0.3) is 0 Å². The molecule has 1 aromatic heterocycles. The number of rotatable bonds is 5. The molecule has 0 amide bonds. The van der Waals surface area contributed by atoms with Crippen molar-refractivity contribution in [2.45, 2.75) is 19.9 Å². The molecule has 1 aliphatic heterocycles. The minimum atomic E-state index is -0.470. The maximum absolute atomic E-state index is 12.5. The summed E-state index contributed by atoms with van der Waals surface area (Å²) < 4.78 is 12.0. The lowest BCUT2D eigenvalue weighted by Crippen LogP contribution is -2.45. The molecule has 1 atom stereocenters. The molecule has 2 rings (SSSR count). The van der Waals surface area contributed by atoms with Gasteiger partial charge in [-0.2, -0.15) is 5.26 Å². The Hall–Kier alpha value is -2.37. The lowest BCUT2D eigenvalue weighted by Gasteiger charge is -2.29. The Morgan fingerprint density at radius 3 is 2.75 bits per heavy atom. The Balaban J connectivity index is 2.42. The van der Waals surface area contributed by atoms with Gasteiger partial charge in [-0.15, -0.1) is 0 Å². The van der Waals surface area contributed by atoms with Gasteiger partial charge in [-0.25, -0.2) is 4.79 Å². The molecule has 7 nitrogen and oxygen atoms in total. The van der Waals surface area contributed by atoms with Crippen molar-refractivity contribution < 1.29 is 14.3 Å². The number of ether oxygens (including phenoxy) is 2. The summed E-state index contributed by atoms with van der Waals surface area (Å²) in [5.41, 5.74) is 3.28. The first-order chi connectivity index (χ1) is 11.4. The molecule has 2 N–H and O–H groups in total. The van der Waals surface area contributed by atoms with E-state index in [0.717, 1.165) is 11.3 Å². The summed E-state index contributed by atoms with van der Waals surface area (Å²) in [6, 6.07) is 3.43. The number of nitrogens with zero attached hydrogens (tertiary/aromatic N) is 2. The van der Waals surface area contributed by atoms with Crippen molar-refractivity contribution >= 4 is 23.3 Å². The second-order valence-electron chi connectivity index (χ2n) is 5.44. The molecule has 24 heavy (non-hydrogen) atoms. The summed E-state index contributed by atoms with van der Waals surface area (Å²) in [5.74, 6) is -0.446. The van der Waals surface area contributed by atoms with Crippen LogP contribution in [0.15, 0.2) is 17.3 Å². The summed E-state index contributed by atoms with van der Waals surface area (Å²) in [4.78, 5) is 12.5. The highest BCUT2D eigenvalue weighted by Gasteiger charge is 2.33. The first kappa shape index (κ1) is 18.0. The number of carbonyl (C=O) groups excluding carboxylic acids is 1. The maximum atomic E-state index is 12.5. The topological polar surface area (TPSA) is 88.3 Å². The summed E-state index contributed by atoms with van der Waals surface area (Å²) >= 11 is 5.22. The molecule has 0 saturated carbocycles. The average Bonchev–Trinajstić information content (AvgIpc) is 2.82. The van der Waals surface area contributed by atoms with Crippen LogP contribution in [0, 0.1) is 18.3 Å². The predicted molar refractivity (Wildman–Crippen MR) is 92.0 cm³/mol. The highest BCUT2D eigenvalue weighted by molar-refractivity contribution is 7.80. The molecule has 128 valence electrons. The molecule has 1 aliphatic rings. The summed E-state index contributed by atoms with van der Waals surface area (Å²) in [6.45, 7) is 4.16. The Morgan fingerprint density at radius 2 is 2.17 bits per heavy atom. The van der Waals surface area contributed by atoms with Crippen molar-refractivity contribution in [3.05, 3.63) is 34.3 Å². The summed E-state index contributed by atoms with van der Waals surface area (Å²) in [5, 5.41) is 15.7. The van der Waals surface area contributed by atoms with Gasteiger partial charge < -0.3 is 24.7 Å². The van der Waals surface area contributed by atoms with E-state index in [1.54, 1.807) is 24.7 Å². The third kappa shape index (κ3) is 3.42. The second kappa shape index (κ2) is 7.47. The van der Waals surface area contributed by atoms with E-state index in [-0.39, 0.29) is 6.61 Å². The largest absolute Gasteiger partial charge is 0.460 e. The van der Waals surface area contributed by atoms with Crippen molar-refractivity contribution in [2.75, 3.05) is 20.3 Å². The van der Waals surface area contributed by atoms with Gasteiger partial charge in [0.15, 0.2) is 5.11 Å². The molecule has 0 aromatic carbocycles. The molecule has 0 radical (unpaired) electrons. The SMILES string of the molecule is COCCOC(=O)C1=C(C)NC(=S)N[C@@H]1c1cc(C#N)n(C)c1C. The molecule has 0 bridgehead atoms. The normalized spacial score (nSPS) is 17.1. The zero-order chi connectivity index (χ0) is 17.9. The highest BCUT2D eigenvalue weighted by atomic mass is 32.1. The van der Waals surface area contributed by atoms with E-state index in [2.05, 4.69) is 16.7 Å². The minimum Gasteiger partial charge on any atom is -0.460 e. The molecule has 1 aromatic rings. The van der Waals surface area contributed by atoms with Crippen LogP contribution < -0.4 is 10.6 Å². The van der Waals surface area contributed by atoms with E-state index in [1.807, 2.05) is 14.0 Å². The average molecular weight is 348 g/mol. The lowest BCUT2D eigenvalue weighted by atomic mass is 9.96. The van der Waals surface area contributed by atoms with Gasteiger partial charge in [0.1, 0.15) is 18.4 Å². The Labute approximate surface area is 146 Å². The number of aromatic nitrogens is 1. The zero-order valence-electron chi connectivity index (χ0n) is 14.1. The first-order valence-electron chi connectivity index (χ1n) is 7.41. The van der Waals surface area contributed by atoms with Gasteiger partial charge in [0.05, 0.1) is 18.2 Å². The molecule has 0 spiro atoms. The van der Waals surface area contributed by atoms with Crippen LogP contribution >= 0.6 is 12.2 Å². The van der Waals surface area contributed by atoms with Crippen LogP contribution in [0.2, 0.25) is 0 Å². The van der Waals surface area contributed by atoms with E-state index in [0.29, 0.717) is 28.7 Å². The Bertz CT molecular complexity index is 745. The number of thiocarbonyl (C=S) groups is 1. The summed E-state index contributed by atoms with van der Waals surface area (Å²) in [6.07, 6.45) is 0. The van der Waals surface area contributed by atoms with Crippen LogP contribution in [0.3, 0.4) is 0 Å². The fraction of sp³-hybridized carbons (Fsp3) is 0.438. The van der Waals surface area contributed by atoms with Gasteiger partial charge in [-0.05, 0) is 32.1 Å². The van der Waals surface area contributed by atoms with Gasteiger partial charge >= 0.3 is 5.97 Å². The van der Waals surface area contributed by atoms with E-state index in [1.165, 1.54) is 0 Å². The molecule has 2 heterocycles. The molecule has 0 saturated heterocycles. The monoisotopic (exact) mass is 348 g/mol. The van der Waals surface area contributed by atoms with E-state index in [4.69, 9.17) is 21.7 Å². The molecule has 8 heteroatoms. The fourth-order valence-electron chi connectivity index (χ4n) is 2.62. The molecule has 0 unspecified atom stereocenters. The number of nitriles is 1. The van der Waals surface area contributed by atoms with Crippen LogP contribution in [-0.4, -0.2) is 36.0 Å². The third-order valence-corrected chi connectivity index (χ3v) is 4.23. The third-order valence-electron chi connectivity index (χ3n) is 4.01. The van der Waals surface area contributed by atoms with Crippen LogP contribution in [0.1, 0.15) is 29.9 Å². The van der Waals surface area contributed by atoms with Crippen molar-refractivity contribution in [2.24, 2.45) is 7.05 Å². The van der Waals surface area contributed by atoms with Crippen LogP contribution in [0.25, 0.3) is 0 Å². The number of carbonyl (C=O) groups is 1. The minimum absolute atomic E-state index is 0.167. The molecular weight excluding hydrogens is 328 g/mol. The van der Waals surface area contributed by atoms with Gasteiger partial charge in [0, 0.05) is 31.1 Å². The van der Waals surface area contributed by atoms with Crippen molar-refractivity contribution in [1.82, 2.24) is 15.2 Å². The quantitative estimate of drug-likeness (QED) is 0.469.